The van der Waals surface area contributed by atoms with Gasteiger partial charge in [-0.2, -0.15) is 9.78 Å². The summed E-state index contributed by atoms with van der Waals surface area (Å²) in [4.78, 5) is 19.3. The fourth-order valence-electron chi connectivity index (χ4n) is 1.64. The van der Waals surface area contributed by atoms with Crippen molar-refractivity contribution in [3.63, 3.8) is 0 Å². The van der Waals surface area contributed by atoms with Gasteiger partial charge in [-0.05, 0) is 0 Å². The highest BCUT2D eigenvalue weighted by molar-refractivity contribution is 4.72. The molecule has 0 aromatic heterocycles. The van der Waals surface area contributed by atoms with E-state index in [9.17, 15) is 0 Å². The second-order valence-electron chi connectivity index (χ2n) is 4.99. The van der Waals surface area contributed by atoms with Gasteiger partial charge in [0.05, 0.1) is 0 Å². The van der Waals surface area contributed by atoms with Crippen molar-refractivity contribution in [2.75, 3.05) is 0 Å². The second kappa shape index (κ2) is 7.37. The Morgan fingerprint density at radius 3 is 1.17 bits per heavy atom. The van der Waals surface area contributed by atoms with E-state index < -0.39 is 11.6 Å². The molecule has 0 amide bonds. The summed E-state index contributed by atoms with van der Waals surface area (Å²) in [6, 6.07) is 0. The van der Waals surface area contributed by atoms with Gasteiger partial charge < -0.3 is 0 Å². The van der Waals surface area contributed by atoms with Crippen LogP contribution in [0.4, 0.5) is 0 Å². The van der Waals surface area contributed by atoms with E-state index in [1.807, 2.05) is 27.7 Å². The molecule has 0 rings (SSSR count). The van der Waals surface area contributed by atoms with Gasteiger partial charge in [-0.3, -0.25) is 0 Å². The highest BCUT2D eigenvalue weighted by Crippen LogP contribution is 2.33. The molecule has 2 N–H and O–H groups in total. The van der Waals surface area contributed by atoms with Crippen LogP contribution in [0.25, 0.3) is 0 Å². The van der Waals surface area contributed by atoms with E-state index in [0.717, 1.165) is 0 Å². The van der Waals surface area contributed by atoms with E-state index in [4.69, 9.17) is 20.3 Å². The van der Waals surface area contributed by atoms with Crippen molar-refractivity contribution >= 4 is 0 Å². The van der Waals surface area contributed by atoms with Gasteiger partial charge in [0.15, 0.2) is 0 Å². The van der Waals surface area contributed by atoms with Crippen LogP contribution in [0.15, 0.2) is 0 Å². The molecule has 0 aromatic carbocycles. The molecule has 0 aromatic rings. The van der Waals surface area contributed by atoms with Gasteiger partial charge in [0.1, 0.15) is 0 Å². The molecule has 0 aliphatic heterocycles. The maximum absolute atomic E-state index is 9.02. The third-order valence-corrected chi connectivity index (χ3v) is 3.38. The maximum atomic E-state index is 9.02. The predicted molar refractivity (Wildman–Crippen MR) is 65.3 cm³/mol. The van der Waals surface area contributed by atoms with Gasteiger partial charge in [0.2, 0.25) is 11.6 Å². The van der Waals surface area contributed by atoms with E-state index >= 15 is 0 Å². The molecule has 2 unspecified atom stereocenters. The van der Waals surface area contributed by atoms with Crippen molar-refractivity contribution in [3.8, 4) is 0 Å². The van der Waals surface area contributed by atoms with E-state index in [2.05, 4.69) is 9.78 Å². The molecule has 110 valence electrons. The van der Waals surface area contributed by atoms with Gasteiger partial charge in [-0.25, -0.2) is 20.3 Å². The Kier molecular flexibility index (Phi) is 7.28. The fourth-order valence-corrected chi connectivity index (χ4v) is 1.64. The highest BCUT2D eigenvalue weighted by Gasteiger charge is 2.43. The number of hydrogen-bond acceptors (Lipinski definition) is 6. The summed E-state index contributed by atoms with van der Waals surface area (Å²) in [6.07, 6.45) is 0.759. The first-order valence-electron chi connectivity index (χ1n) is 6.36. The minimum absolute atomic E-state index is 0.145. The monoisotopic (exact) mass is 266 g/mol. The molecule has 0 bridgehead atoms. The number of hydrogen-bond donors (Lipinski definition) is 2. The van der Waals surface area contributed by atoms with Crippen LogP contribution in [0, 0.1) is 11.8 Å². The summed E-state index contributed by atoms with van der Waals surface area (Å²) in [7, 11) is 0. The molecule has 0 aliphatic rings. The molecular formula is C12H26O6. The van der Waals surface area contributed by atoms with Crippen LogP contribution in [0.3, 0.4) is 0 Å². The van der Waals surface area contributed by atoms with Crippen molar-refractivity contribution in [1.82, 2.24) is 0 Å². The Bertz CT molecular complexity index is 197. The predicted octanol–water partition coefficient (Wildman–Crippen LogP) is 3.44. The van der Waals surface area contributed by atoms with Crippen LogP contribution in [0.1, 0.15) is 54.4 Å². The number of rotatable bonds is 9. The van der Waals surface area contributed by atoms with Crippen LogP contribution < -0.4 is 0 Å². The van der Waals surface area contributed by atoms with Crippen molar-refractivity contribution in [1.29, 1.82) is 0 Å². The molecular weight excluding hydrogens is 240 g/mol. The first kappa shape index (κ1) is 17.8. The quantitative estimate of drug-likeness (QED) is 0.378. The zero-order chi connectivity index (χ0) is 14.4. The Morgan fingerprint density at radius 1 is 0.778 bits per heavy atom. The minimum Gasteiger partial charge on any atom is -0.249 e. The molecule has 2 atom stereocenters. The Morgan fingerprint density at radius 2 is 1.06 bits per heavy atom. The molecule has 0 fully saturated rings. The van der Waals surface area contributed by atoms with Crippen molar-refractivity contribution in [2.45, 2.75) is 66.0 Å². The van der Waals surface area contributed by atoms with Crippen LogP contribution in [-0.2, 0) is 19.6 Å². The third kappa shape index (κ3) is 3.63. The van der Waals surface area contributed by atoms with Crippen LogP contribution in [-0.4, -0.2) is 22.1 Å². The molecule has 6 heteroatoms. The molecule has 0 aliphatic carbocycles. The van der Waals surface area contributed by atoms with Gasteiger partial charge in [-0.1, -0.05) is 41.5 Å². The van der Waals surface area contributed by atoms with Crippen molar-refractivity contribution in [2.24, 2.45) is 11.8 Å². The van der Waals surface area contributed by atoms with E-state index in [1.54, 1.807) is 13.8 Å². The van der Waals surface area contributed by atoms with Gasteiger partial charge in [0.25, 0.3) is 0 Å². The van der Waals surface area contributed by atoms with Crippen LogP contribution in [0.2, 0.25) is 0 Å². The van der Waals surface area contributed by atoms with E-state index in [-0.39, 0.29) is 11.8 Å². The summed E-state index contributed by atoms with van der Waals surface area (Å²) in [6.45, 7) is 10.9. The molecule has 0 saturated carbocycles. The molecule has 0 saturated heterocycles. The maximum Gasteiger partial charge on any atom is 0.235 e. The summed E-state index contributed by atoms with van der Waals surface area (Å²) < 4.78 is 0. The molecule has 18 heavy (non-hydrogen) atoms. The minimum atomic E-state index is -1.28. The molecule has 0 spiro atoms. The standard InChI is InChI=1S/C12H26O6/c1-7-11(15-13,9(3)4)17-18-12(8-2,16-14)10(5)6/h9-10,13-14H,7-8H2,1-6H3. The summed E-state index contributed by atoms with van der Waals surface area (Å²) in [5, 5.41) is 18.0. The fraction of sp³-hybridized carbons (Fsp3) is 1.00. The van der Waals surface area contributed by atoms with E-state index in [1.165, 1.54) is 0 Å². The van der Waals surface area contributed by atoms with Crippen LogP contribution >= 0.6 is 0 Å². The lowest BCUT2D eigenvalue weighted by Gasteiger charge is -2.37. The Hall–Kier alpha value is -0.240. The Labute approximate surface area is 109 Å². The smallest absolute Gasteiger partial charge is 0.235 e. The van der Waals surface area contributed by atoms with Crippen molar-refractivity contribution < 1.29 is 30.1 Å². The first-order chi connectivity index (χ1) is 8.34. The summed E-state index contributed by atoms with van der Waals surface area (Å²) in [5.41, 5.74) is 0. The average molecular weight is 266 g/mol. The lowest BCUT2D eigenvalue weighted by molar-refractivity contribution is -0.584. The van der Waals surface area contributed by atoms with E-state index in [0.29, 0.717) is 12.8 Å². The third-order valence-electron chi connectivity index (χ3n) is 3.38. The van der Waals surface area contributed by atoms with Crippen LogP contribution in [0.5, 0.6) is 0 Å². The zero-order valence-corrected chi connectivity index (χ0v) is 12.1. The summed E-state index contributed by atoms with van der Waals surface area (Å²) in [5.74, 6) is -2.86. The lowest BCUT2D eigenvalue weighted by Crippen LogP contribution is -2.47. The average Bonchev–Trinajstić information content (AvgIpc) is 2.35. The normalized spacial score (nSPS) is 19.0. The molecule has 6 nitrogen and oxygen atoms in total. The summed E-state index contributed by atoms with van der Waals surface area (Å²) >= 11 is 0. The topological polar surface area (TPSA) is 77.4 Å². The van der Waals surface area contributed by atoms with Crippen molar-refractivity contribution in [3.05, 3.63) is 0 Å². The van der Waals surface area contributed by atoms with Gasteiger partial charge in [-0.15, -0.1) is 0 Å². The second-order valence-corrected chi connectivity index (χ2v) is 4.99. The molecule has 0 heterocycles. The SMILES string of the molecule is CCC(OO)(OOC(CC)(OO)C(C)C)C(C)C. The van der Waals surface area contributed by atoms with Gasteiger partial charge >= 0.3 is 0 Å². The van der Waals surface area contributed by atoms with Gasteiger partial charge in [0, 0.05) is 24.7 Å². The largest absolute Gasteiger partial charge is 0.249 e. The first-order valence-corrected chi connectivity index (χ1v) is 6.36. The highest BCUT2D eigenvalue weighted by atomic mass is 17.3. The molecule has 0 radical (unpaired) electrons. The zero-order valence-electron chi connectivity index (χ0n) is 12.1. The lowest BCUT2D eigenvalue weighted by atomic mass is 10.00. The Balaban J connectivity index is 4.87.